The lowest BCUT2D eigenvalue weighted by Crippen LogP contribution is -2.13. The number of anilines is 1. The summed E-state index contributed by atoms with van der Waals surface area (Å²) in [7, 11) is -2.49. The molecule has 2 aromatic heterocycles. The van der Waals surface area contributed by atoms with E-state index in [1.807, 2.05) is 19.1 Å². The third kappa shape index (κ3) is 8.24. The Hall–Kier alpha value is -3.55. The van der Waals surface area contributed by atoms with Crippen LogP contribution in [0.2, 0.25) is 0 Å². The molecule has 12 nitrogen and oxygen atoms in total. The predicted octanol–water partition coefficient (Wildman–Crippen LogP) is 4.13. The van der Waals surface area contributed by atoms with Gasteiger partial charge in [0.2, 0.25) is 11.1 Å². The molecule has 0 radical (unpaired) electrons. The van der Waals surface area contributed by atoms with Gasteiger partial charge in [-0.1, -0.05) is 47.7 Å². The van der Waals surface area contributed by atoms with Crippen LogP contribution in [0, 0.1) is 12.7 Å². The second-order valence-corrected chi connectivity index (χ2v) is 11.9. The smallest absolute Gasteiger partial charge is 0.356 e. The topological polar surface area (TPSA) is 161 Å². The fraction of sp³-hybridized carbons (Fsp3) is 0.308. The van der Waals surface area contributed by atoms with Gasteiger partial charge in [-0.05, 0) is 24.6 Å². The van der Waals surface area contributed by atoms with Gasteiger partial charge in [0, 0.05) is 17.9 Å². The first-order valence-corrected chi connectivity index (χ1v) is 15.1. The van der Waals surface area contributed by atoms with E-state index in [2.05, 4.69) is 15.0 Å². The number of methoxy groups -OCH3 is 1. The summed E-state index contributed by atoms with van der Waals surface area (Å²) in [5, 5.41) is -0.144. The molecule has 3 N–H and O–H groups in total. The van der Waals surface area contributed by atoms with E-state index >= 15 is 0 Å². The van der Waals surface area contributed by atoms with Gasteiger partial charge in [-0.25, -0.2) is 9.37 Å². The molecule has 0 fully saturated rings. The molecule has 0 amide bonds. The van der Waals surface area contributed by atoms with Crippen LogP contribution in [-0.4, -0.2) is 57.1 Å². The van der Waals surface area contributed by atoms with Gasteiger partial charge in [0.1, 0.15) is 6.35 Å². The van der Waals surface area contributed by atoms with Gasteiger partial charge in [-0.3, -0.25) is 19.1 Å². The Labute approximate surface area is 238 Å². The van der Waals surface area contributed by atoms with Crippen LogP contribution >= 0.6 is 19.4 Å². The van der Waals surface area contributed by atoms with Crippen molar-refractivity contribution < 1.29 is 32.3 Å². The van der Waals surface area contributed by atoms with Gasteiger partial charge in [0.15, 0.2) is 22.7 Å². The number of imidazole rings is 1. The number of rotatable bonds is 14. The zero-order valence-electron chi connectivity index (χ0n) is 22.4. The summed E-state index contributed by atoms with van der Waals surface area (Å²) in [6, 6.07) is 11.4. The van der Waals surface area contributed by atoms with Gasteiger partial charge in [-0.2, -0.15) is 4.98 Å². The summed E-state index contributed by atoms with van der Waals surface area (Å²) < 4.78 is 51.0. The van der Waals surface area contributed by atoms with Crippen molar-refractivity contribution in [2.75, 3.05) is 38.2 Å². The van der Waals surface area contributed by atoms with E-state index in [9.17, 15) is 18.5 Å². The first-order chi connectivity index (χ1) is 19.7. The van der Waals surface area contributed by atoms with Crippen LogP contribution in [0.15, 0.2) is 53.6 Å². The zero-order chi connectivity index (χ0) is 29.4. The van der Waals surface area contributed by atoms with Gasteiger partial charge in [0.25, 0.3) is 5.56 Å². The minimum atomic E-state index is -3.84. The average Bonchev–Trinajstić information content (AvgIpc) is 3.36. The fourth-order valence-corrected chi connectivity index (χ4v) is 5.71. The monoisotopic (exact) mass is 605 g/mol. The van der Waals surface area contributed by atoms with Gasteiger partial charge >= 0.3 is 7.60 Å². The van der Waals surface area contributed by atoms with Crippen molar-refractivity contribution in [3.63, 3.8) is 0 Å². The number of benzene rings is 2. The number of ether oxygens (including phenoxy) is 2. The third-order valence-corrected chi connectivity index (χ3v) is 8.22. The number of thioether (sulfide) groups is 1. The van der Waals surface area contributed by atoms with Crippen molar-refractivity contribution in [1.29, 1.82) is 0 Å². The van der Waals surface area contributed by atoms with Crippen LogP contribution in [0.3, 0.4) is 0 Å². The molecule has 2 aromatic carbocycles. The lowest BCUT2D eigenvalue weighted by molar-refractivity contribution is 0.108. The number of hydrogen-bond donors (Lipinski definition) is 2. The Bertz CT molecular complexity index is 1610. The van der Waals surface area contributed by atoms with Crippen molar-refractivity contribution >= 4 is 41.6 Å². The summed E-state index contributed by atoms with van der Waals surface area (Å²) in [6.45, 7) is 1.93. The zero-order valence-corrected chi connectivity index (χ0v) is 24.1. The summed E-state index contributed by atoms with van der Waals surface area (Å²) in [4.78, 5) is 34.9. The highest BCUT2D eigenvalue weighted by Crippen LogP contribution is 2.49. The van der Waals surface area contributed by atoms with Crippen molar-refractivity contribution in [3.8, 4) is 5.75 Å². The van der Waals surface area contributed by atoms with Crippen molar-refractivity contribution in [1.82, 2.24) is 19.5 Å². The van der Waals surface area contributed by atoms with Crippen molar-refractivity contribution in [2.45, 2.75) is 20.1 Å². The molecule has 0 saturated heterocycles. The van der Waals surface area contributed by atoms with Gasteiger partial charge in [-0.15, -0.1) is 0 Å². The molecule has 218 valence electrons. The largest absolute Gasteiger partial charge is 0.494 e. The highest BCUT2D eigenvalue weighted by Gasteiger charge is 2.26. The average molecular weight is 606 g/mol. The molecule has 0 spiro atoms. The molecule has 4 rings (SSSR count). The number of nitrogens with two attached hydrogens (primary N) is 1. The number of nitrogens with zero attached hydrogens (tertiary/aromatic N) is 3. The number of aromatic amines is 1. The number of fused-ring (bicyclic) bond motifs is 1. The number of nitrogens with one attached hydrogen (secondary N) is 1. The van der Waals surface area contributed by atoms with E-state index in [4.69, 9.17) is 24.3 Å². The predicted molar refractivity (Wildman–Crippen MR) is 153 cm³/mol. The number of nitrogen functional groups attached to an aromatic ring is 1. The maximum atomic E-state index is 14.1. The first-order valence-electron chi connectivity index (χ1n) is 12.4. The minimum absolute atomic E-state index is 0.0500. The van der Waals surface area contributed by atoms with E-state index in [0.29, 0.717) is 11.1 Å². The van der Waals surface area contributed by atoms with E-state index in [1.54, 1.807) is 22.8 Å². The number of H-pyrrole nitrogens is 1. The van der Waals surface area contributed by atoms with E-state index in [1.165, 1.54) is 25.6 Å². The lowest BCUT2D eigenvalue weighted by Gasteiger charge is -2.19. The molecule has 41 heavy (non-hydrogen) atoms. The molecule has 0 saturated carbocycles. The molecule has 0 bridgehead atoms. The fourth-order valence-electron chi connectivity index (χ4n) is 3.64. The number of halogens is 1. The first kappa shape index (κ1) is 30.4. The second kappa shape index (κ2) is 13.9. The molecule has 15 heteroatoms. The Kier molecular flexibility index (Phi) is 10.3. The summed E-state index contributed by atoms with van der Waals surface area (Å²) in [5.41, 5.74) is 7.57. The van der Waals surface area contributed by atoms with E-state index < -0.39 is 25.3 Å². The van der Waals surface area contributed by atoms with E-state index in [-0.39, 0.29) is 60.1 Å². The molecule has 0 aliphatic heterocycles. The van der Waals surface area contributed by atoms with Gasteiger partial charge in [0.05, 0.1) is 33.3 Å². The quantitative estimate of drug-likeness (QED) is 0.157. The molecule has 4 aromatic rings. The molecule has 1 unspecified atom stereocenters. The van der Waals surface area contributed by atoms with Crippen molar-refractivity contribution in [2.24, 2.45) is 0 Å². The Morgan fingerprint density at radius 1 is 1.17 bits per heavy atom. The molecule has 0 aliphatic rings. The Morgan fingerprint density at radius 2 is 1.95 bits per heavy atom. The standard InChI is InChI=1S/C26H29FN5O7PS/c1-17-3-6-19(7-4-17)25(34)41-12-11-38-40(35,39-14-18-5-8-21(36-2)20(27)13-18)16-37-10-9-32-15-29-22-23(32)30-26(28)31-24(22)33/h3-8,13,15H,9-12,14,16H2,1-2H3,(H3,28,30,31,33). The number of carbonyl (C=O) groups excluding carboxylic acids is 1. The number of aromatic nitrogens is 4. The molecular formula is C26H29FN5O7PS. The maximum absolute atomic E-state index is 14.1. The lowest BCUT2D eigenvalue weighted by atomic mass is 10.2. The number of aryl methyl sites for hydroxylation is 1. The van der Waals surface area contributed by atoms with Crippen LogP contribution in [0.25, 0.3) is 11.2 Å². The summed E-state index contributed by atoms with van der Waals surface area (Å²) in [6.07, 6.45) is 1.01. The SMILES string of the molecule is COc1ccc(COP(=O)(COCCn2cnc3c(=O)[nH]c(N)nc32)OCCSC(=O)c2ccc(C)cc2)cc1F. The second-order valence-electron chi connectivity index (χ2n) is 8.79. The summed E-state index contributed by atoms with van der Waals surface area (Å²) in [5.74, 6) is -0.352. The maximum Gasteiger partial charge on any atom is 0.356 e. The van der Waals surface area contributed by atoms with Crippen LogP contribution in [0.4, 0.5) is 10.3 Å². The molecular weight excluding hydrogens is 576 g/mol. The van der Waals surface area contributed by atoms with Crippen LogP contribution < -0.4 is 16.0 Å². The number of hydrogen-bond acceptors (Lipinski definition) is 11. The van der Waals surface area contributed by atoms with Crippen molar-refractivity contribution in [3.05, 3.63) is 81.7 Å². The highest BCUT2D eigenvalue weighted by molar-refractivity contribution is 8.14. The highest BCUT2D eigenvalue weighted by atomic mass is 32.2. The normalized spacial score (nSPS) is 12.9. The van der Waals surface area contributed by atoms with Crippen LogP contribution in [-0.2, 0) is 31.5 Å². The Balaban J connectivity index is 1.35. The van der Waals surface area contributed by atoms with Crippen LogP contribution in [0.1, 0.15) is 21.5 Å². The van der Waals surface area contributed by atoms with Crippen LogP contribution in [0.5, 0.6) is 5.75 Å². The molecule has 0 aliphatic carbocycles. The molecule has 2 heterocycles. The summed E-state index contributed by atoms with van der Waals surface area (Å²) >= 11 is 1.03. The third-order valence-electron chi connectivity index (χ3n) is 5.75. The van der Waals surface area contributed by atoms with Gasteiger partial charge < -0.3 is 28.8 Å². The molecule has 1 atom stereocenters. The number of carbonyl (C=O) groups is 1. The minimum Gasteiger partial charge on any atom is -0.494 e. The van der Waals surface area contributed by atoms with E-state index in [0.717, 1.165) is 17.3 Å². The Morgan fingerprint density at radius 3 is 2.68 bits per heavy atom.